The number of aromatic nitrogens is 2. The monoisotopic (exact) mass is 720 g/mol. The molecule has 4 aliphatic rings. The Morgan fingerprint density at radius 2 is 1.19 bits per heavy atom. The molecule has 5 aromatic rings. The molecule has 0 saturated carbocycles. The third-order valence-corrected chi connectivity index (χ3v) is 10.3. The van der Waals surface area contributed by atoms with Gasteiger partial charge in [-0.05, 0) is 53.4 Å². The SMILES string of the molecule is COc1cc2c(cc1OCc1cccc(COc3cc4c(cc3OC)C(=O)N3Cc5cccnc5CC3C=N4)n1)N=CC1Cc3ccccc3CN1C2=O. The van der Waals surface area contributed by atoms with Crippen molar-refractivity contribution in [2.45, 2.75) is 51.2 Å². The van der Waals surface area contributed by atoms with Gasteiger partial charge in [-0.1, -0.05) is 36.4 Å². The van der Waals surface area contributed by atoms with Crippen molar-refractivity contribution in [1.82, 2.24) is 19.8 Å². The largest absolute Gasteiger partial charge is 0.493 e. The number of amides is 2. The molecule has 9 rings (SSSR count). The summed E-state index contributed by atoms with van der Waals surface area (Å²) in [7, 11) is 3.09. The molecule has 54 heavy (non-hydrogen) atoms. The van der Waals surface area contributed by atoms with Crippen molar-refractivity contribution in [3.05, 3.63) is 130 Å². The maximum atomic E-state index is 13.8. The van der Waals surface area contributed by atoms with E-state index in [0.717, 1.165) is 16.8 Å². The van der Waals surface area contributed by atoms with Crippen molar-refractivity contribution in [2.24, 2.45) is 9.98 Å². The predicted molar refractivity (Wildman–Crippen MR) is 201 cm³/mol. The van der Waals surface area contributed by atoms with E-state index in [1.165, 1.54) is 5.56 Å². The van der Waals surface area contributed by atoms with Gasteiger partial charge in [-0.25, -0.2) is 0 Å². The van der Waals surface area contributed by atoms with E-state index >= 15 is 0 Å². The molecule has 2 amide bonds. The maximum absolute atomic E-state index is 13.8. The Labute approximate surface area is 311 Å². The molecule has 6 heterocycles. The van der Waals surface area contributed by atoms with E-state index in [0.29, 0.717) is 82.8 Å². The normalized spacial score (nSPS) is 17.9. The van der Waals surface area contributed by atoms with Crippen molar-refractivity contribution >= 4 is 35.6 Å². The van der Waals surface area contributed by atoms with E-state index < -0.39 is 0 Å². The van der Waals surface area contributed by atoms with Crippen molar-refractivity contribution in [3.8, 4) is 23.0 Å². The number of carbonyl (C=O) groups excluding carboxylic acids is 2. The van der Waals surface area contributed by atoms with Gasteiger partial charge in [-0.15, -0.1) is 0 Å². The van der Waals surface area contributed by atoms with Gasteiger partial charge in [0.25, 0.3) is 11.8 Å². The summed E-state index contributed by atoms with van der Waals surface area (Å²) < 4.78 is 23.8. The number of benzene rings is 3. The summed E-state index contributed by atoms with van der Waals surface area (Å²) in [6, 6.07) is 24.3. The molecule has 0 N–H and O–H groups in total. The van der Waals surface area contributed by atoms with Gasteiger partial charge in [-0.2, -0.15) is 0 Å². The van der Waals surface area contributed by atoms with Gasteiger partial charge in [0.2, 0.25) is 0 Å². The van der Waals surface area contributed by atoms with Gasteiger partial charge in [0.1, 0.15) is 13.2 Å². The Morgan fingerprint density at radius 3 is 1.80 bits per heavy atom. The van der Waals surface area contributed by atoms with Crippen molar-refractivity contribution in [2.75, 3.05) is 14.2 Å². The summed E-state index contributed by atoms with van der Waals surface area (Å²) >= 11 is 0. The molecule has 0 radical (unpaired) electrons. The number of nitrogens with zero attached hydrogens (tertiary/aromatic N) is 6. The zero-order valence-electron chi connectivity index (χ0n) is 29.8. The Morgan fingerprint density at radius 1 is 0.630 bits per heavy atom. The van der Waals surface area contributed by atoms with E-state index in [4.69, 9.17) is 33.9 Å². The van der Waals surface area contributed by atoms with Crippen LogP contribution in [0.15, 0.2) is 95.0 Å². The second kappa shape index (κ2) is 13.8. The summed E-state index contributed by atoms with van der Waals surface area (Å²) in [5, 5.41) is 0. The van der Waals surface area contributed by atoms with Crippen LogP contribution in [0.4, 0.5) is 11.4 Å². The highest BCUT2D eigenvalue weighted by molar-refractivity contribution is 6.04. The zero-order valence-corrected chi connectivity index (χ0v) is 29.8. The number of methoxy groups -OCH3 is 2. The number of carbonyl (C=O) groups is 2. The average Bonchev–Trinajstić information content (AvgIpc) is 3.42. The standard InChI is InChI=1S/C42H36N6O6/c1-51-37-15-32-35(44-19-30-13-25-7-3-4-8-26(25)21-47(30)41(32)49)17-39(37)53-23-28-10-5-11-29(46-28)24-54-40-18-36-33(16-38(40)52-2)42(50)48-22-27-9-6-12-43-34(27)14-31(48)20-45-36/h3-12,15-20,30-31H,13-14,21-24H2,1-2H3. The fourth-order valence-corrected chi connectivity index (χ4v) is 7.50. The molecule has 0 bridgehead atoms. The fraction of sp³-hybridized carbons (Fsp3) is 0.238. The third kappa shape index (κ3) is 6.09. The van der Waals surface area contributed by atoms with Crippen LogP contribution in [0.2, 0.25) is 0 Å². The minimum atomic E-state index is -0.196. The lowest BCUT2D eigenvalue weighted by Crippen LogP contribution is -2.44. The molecule has 2 unspecified atom stereocenters. The first kappa shape index (κ1) is 33.3. The van der Waals surface area contributed by atoms with Gasteiger partial charge < -0.3 is 28.7 Å². The highest BCUT2D eigenvalue weighted by Crippen LogP contribution is 2.40. The van der Waals surface area contributed by atoms with Crippen molar-refractivity contribution in [3.63, 3.8) is 0 Å². The van der Waals surface area contributed by atoms with Crippen LogP contribution in [-0.2, 0) is 39.1 Å². The molecular weight excluding hydrogens is 684 g/mol. The number of pyridine rings is 2. The van der Waals surface area contributed by atoms with Crippen LogP contribution < -0.4 is 18.9 Å². The molecular formula is C42H36N6O6. The number of hydrogen-bond acceptors (Lipinski definition) is 10. The first-order valence-corrected chi connectivity index (χ1v) is 17.8. The lowest BCUT2D eigenvalue weighted by molar-refractivity contribution is 0.0695. The third-order valence-electron chi connectivity index (χ3n) is 10.3. The molecule has 12 heteroatoms. The first-order chi connectivity index (χ1) is 26.4. The summed E-state index contributed by atoms with van der Waals surface area (Å²) in [6.07, 6.45) is 6.76. The van der Waals surface area contributed by atoms with Crippen LogP contribution in [0.1, 0.15) is 54.5 Å². The Hall–Kier alpha value is -6.56. The van der Waals surface area contributed by atoms with Gasteiger partial charge in [0.15, 0.2) is 23.0 Å². The summed E-state index contributed by atoms with van der Waals surface area (Å²) in [6.45, 7) is 1.26. The van der Waals surface area contributed by atoms with E-state index in [1.807, 2.05) is 64.7 Å². The molecule has 270 valence electrons. The number of fused-ring (bicyclic) bond motifs is 6. The molecule has 2 aromatic heterocycles. The second-order valence-electron chi connectivity index (χ2n) is 13.6. The van der Waals surface area contributed by atoms with Crippen LogP contribution in [0.25, 0.3) is 0 Å². The molecule has 3 aromatic carbocycles. The van der Waals surface area contributed by atoms with Crippen molar-refractivity contribution in [1.29, 1.82) is 0 Å². The summed E-state index contributed by atoms with van der Waals surface area (Å²) in [4.78, 5) is 49.9. The lowest BCUT2D eigenvalue weighted by Gasteiger charge is -2.34. The Balaban J connectivity index is 0.897. The molecule has 0 saturated heterocycles. The Kier molecular flexibility index (Phi) is 8.49. The average molecular weight is 721 g/mol. The van der Waals surface area contributed by atoms with E-state index in [9.17, 15) is 9.59 Å². The van der Waals surface area contributed by atoms with Crippen LogP contribution in [0.5, 0.6) is 23.0 Å². The number of rotatable bonds is 8. The van der Waals surface area contributed by atoms with Gasteiger partial charge >= 0.3 is 0 Å². The highest BCUT2D eigenvalue weighted by atomic mass is 16.5. The fourth-order valence-electron chi connectivity index (χ4n) is 7.50. The smallest absolute Gasteiger partial charge is 0.257 e. The molecule has 0 spiro atoms. The van der Waals surface area contributed by atoms with Crippen LogP contribution in [0.3, 0.4) is 0 Å². The van der Waals surface area contributed by atoms with Crippen LogP contribution in [-0.4, -0.2) is 70.3 Å². The summed E-state index contributed by atoms with van der Waals surface area (Å²) in [5.74, 6) is 1.54. The van der Waals surface area contributed by atoms with Gasteiger partial charge in [0, 0.05) is 56.0 Å². The maximum Gasteiger partial charge on any atom is 0.257 e. The van der Waals surface area contributed by atoms with Crippen molar-refractivity contribution < 1.29 is 28.5 Å². The number of hydrogen-bond donors (Lipinski definition) is 0. The molecule has 12 nitrogen and oxygen atoms in total. The minimum Gasteiger partial charge on any atom is -0.493 e. The van der Waals surface area contributed by atoms with E-state index in [2.05, 4.69) is 17.1 Å². The number of aliphatic imine (C=N–C) groups is 2. The number of ether oxygens (including phenoxy) is 4. The summed E-state index contributed by atoms with van der Waals surface area (Å²) in [5.41, 5.74) is 7.69. The minimum absolute atomic E-state index is 0.0925. The quantitative estimate of drug-likeness (QED) is 0.185. The van der Waals surface area contributed by atoms with Gasteiger partial charge in [-0.3, -0.25) is 29.5 Å². The topological polar surface area (TPSA) is 128 Å². The molecule has 4 aliphatic heterocycles. The predicted octanol–water partition coefficient (Wildman–Crippen LogP) is 6.22. The Bertz CT molecular complexity index is 2220. The zero-order chi connectivity index (χ0) is 36.8. The van der Waals surface area contributed by atoms with Crippen LogP contribution >= 0.6 is 0 Å². The molecule has 0 fully saturated rings. The first-order valence-electron chi connectivity index (χ1n) is 17.8. The lowest BCUT2D eigenvalue weighted by atomic mass is 9.94. The van der Waals surface area contributed by atoms with E-state index in [1.54, 1.807) is 44.7 Å². The van der Waals surface area contributed by atoms with E-state index in [-0.39, 0.29) is 37.1 Å². The van der Waals surface area contributed by atoms with Crippen LogP contribution in [0, 0.1) is 0 Å². The van der Waals surface area contributed by atoms with Gasteiger partial charge in [0.05, 0.1) is 60.2 Å². The molecule has 2 atom stereocenters. The second-order valence-corrected chi connectivity index (χ2v) is 13.6. The molecule has 0 aliphatic carbocycles. The highest BCUT2D eigenvalue weighted by Gasteiger charge is 2.35.